The number of hydrogen-bond donors (Lipinski definition) is 2. The molecule has 0 radical (unpaired) electrons. The lowest BCUT2D eigenvalue weighted by atomic mass is 10.8. The van der Waals surface area contributed by atoms with Crippen LogP contribution in [0.25, 0.3) is 0 Å². The second-order valence-corrected chi connectivity index (χ2v) is 4.41. The Labute approximate surface area is 68.5 Å². The van der Waals surface area contributed by atoms with Gasteiger partial charge in [-0.3, -0.25) is 9.35 Å². The van der Waals surface area contributed by atoms with Gasteiger partial charge in [-0.15, -0.1) is 11.8 Å². The molecule has 7 heteroatoms. The van der Waals surface area contributed by atoms with Crippen molar-refractivity contribution >= 4 is 27.8 Å². The molecule has 0 atom stereocenters. The minimum atomic E-state index is -3.94. The van der Waals surface area contributed by atoms with Crippen LogP contribution < -0.4 is 0 Å². The molecule has 0 aromatic carbocycles. The third-order valence-electron chi connectivity index (χ3n) is 0.711. The van der Waals surface area contributed by atoms with Crippen LogP contribution in [0, 0.1) is 0 Å². The quantitative estimate of drug-likeness (QED) is 0.467. The number of hydrogen-bond acceptors (Lipinski definition) is 4. The zero-order valence-electron chi connectivity index (χ0n) is 5.56. The summed E-state index contributed by atoms with van der Waals surface area (Å²) in [6, 6.07) is 0. The van der Waals surface area contributed by atoms with Crippen molar-refractivity contribution in [2.75, 3.05) is 17.3 Å². The summed E-state index contributed by atoms with van der Waals surface area (Å²) in [6.07, 6.45) is 0. The third-order valence-corrected chi connectivity index (χ3v) is 2.63. The lowest BCUT2D eigenvalue weighted by Crippen LogP contribution is -2.08. The van der Waals surface area contributed by atoms with E-state index < -0.39 is 21.8 Å². The first-order valence-corrected chi connectivity index (χ1v) is 5.43. The molecule has 0 aromatic heterocycles. The monoisotopic (exact) mass is 200 g/mol. The van der Waals surface area contributed by atoms with Crippen molar-refractivity contribution in [3.05, 3.63) is 0 Å². The van der Waals surface area contributed by atoms with Gasteiger partial charge in [-0.2, -0.15) is 8.42 Å². The number of carbonyl (C=O) groups is 1. The SMILES string of the molecule is O=C(O)CSCCS(=O)(=O)O. The van der Waals surface area contributed by atoms with Crippen molar-refractivity contribution in [1.29, 1.82) is 0 Å². The van der Waals surface area contributed by atoms with Gasteiger partial charge >= 0.3 is 5.97 Å². The van der Waals surface area contributed by atoms with Crippen molar-refractivity contribution < 1.29 is 22.9 Å². The highest BCUT2D eigenvalue weighted by atomic mass is 32.2. The average Bonchev–Trinajstić information content (AvgIpc) is 1.78. The highest BCUT2D eigenvalue weighted by Crippen LogP contribution is 1.99. The van der Waals surface area contributed by atoms with Crippen LogP contribution in [-0.2, 0) is 14.9 Å². The third kappa shape index (κ3) is 9.73. The highest BCUT2D eigenvalue weighted by molar-refractivity contribution is 8.00. The molecule has 11 heavy (non-hydrogen) atoms. The van der Waals surface area contributed by atoms with Gasteiger partial charge in [0.25, 0.3) is 10.1 Å². The summed E-state index contributed by atoms with van der Waals surface area (Å²) in [5.74, 6) is -1.43. The molecular weight excluding hydrogens is 192 g/mol. The molecule has 66 valence electrons. The van der Waals surface area contributed by atoms with E-state index in [0.717, 1.165) is 11.8 Å². The molecule has 0 aliphatic carbocycles. The summed E-state index contributed by atoms with van der Waals surface area (Å²) in [4.78, 5) is 9.89. The van der Waals surface area contributed by atoms with Gasteiger partial charge in [0.15, 0.2) is 0 Å². The van der Waals surface area contributed by atoms with Gasteiger partial charge in [-0.05, 0) is 0 Å². The predicted molar refractivity (Wildman–Crippen MR) is 41.4 cm³/mol. The van der Waals surface area contributed by atoms with Crippen LogP contribution in [0.15, 0.2) is 0 Å². The van der Waals surface area contributed by atoms with Crippen LogP contribution in [0.2, 0.25) is 0 Å². The van der Waals surface area contributed by atoms with Gasteiger partial charge in [-0.25, -0.2) is 0 Å². The normalized spacial score (nSPS) is 11.4. The first-order valence-electron chi connectivity index (χ1n) is 2.66. The summed E-state index contributed by atoms with van der Waals surface area (Å²) < 4.78 is 28.3. The second-order valence-electron chi connectivity index (χ2n) is 1.73. The average molecular weight is 200 g/mol. The van der Waals surface area contributed by atoms with Gasteiger partial charge in [-0.1, -0.05) is 0 Å². The summed E-state index contributed by atoms with van der Waals surface area (Å²) in [5.41, 5.74) is 0. The van der Waals surface area contributed by atoms with E-state index in [1.807, 2.05) is 0 Å². The fourth-order valence-corrected chi connectivity index (χ4v) is 1.96. The Morgan fingerprint density at radius 3 is 2.36 bits per heavy atom. The van der Waals surface area contributed by atoms with Crippen LogP contribution in [0.3, 0.4) is 0 Å². The van der Waals surface area contributed by atoms with Gasteiger partial charge < -0.3 is 5.11 Å². The standard InChI is InChI=1S/C4H8O5S2/c5-4(6)3-10-1-2-11(7,8)9/h1-3H2,(H,5,6)(H,7,8,9). The molecule has 0 aliphatic rings. The van der Waals surface area contributed by atoms with E-state index in [1.54, 1.807) is 0 Å². The van der Waals surface area contributed by atoms with E-state index in [1.165, 1.54) is 0 Å². The van der Waals surface area contributed by atoms with E-state index in [9.17, 15) is 13.2 Å². The van der Waals surface area contributed by atoms with Gasteiger partial charge in [0, 0.05) is 5.75 Å². The van der Waals surface area contributed by atoms with Crippen LogP contribution in [0.5, 0.6) is 0 Å². The molecular formula is C4H8O5S2. The number of carboxylic acids is 1. The number of thioether (sulfide) groups is 1. The molecule has 2 N–H and O–H groups in total. The summed E-state index contributed by atoms with van der Waals surface area (Å²) >= 11 is 0.950. The predicted octanol–water partition coefficient (Wildman–Crippen LogP) is -0.308. The first-order chi connectivity index (χ1) is 4.92. The first kappa shape index (κ1) is 10.7. The van der Waals surface area contributed by atoms with Crippen molar-refractivity contribution in [3.63, 3.8) is 0 Å². The fourth-order valence-electron chi connectivity index (χ4n) is 0.324. The summed E-state index contributed by atoms with van der Waals surface area (Å²) in [7, 11) is -3.94. The van der Waals surface area contributed by atoms with Crippen LogP contribution in [0.1, 0.15) is 0 Å². The van der Waals surface area contributed by atoms with Crippen molar-refractivity contribution in [2.45, 2.75) is 0 Å². The molecule has 5 nitrogen and oxygen atoms in total. The lowest BCUT2D eigenvalue weighted by Gasteiger charge is -1.94. The van der Waals surface area contributed by atoms with Crippen molar-refractivity contribution in [2.24, 2.45) is 0 Å². The molecule has 0 spiro atoms. The number of rotatable bonds is 5. The van der Waals surface area contributed by atoms with E-state index in [0.29, 0.717) is 0 Å². The Hall–Kier alpha value is -0.270. The van der Waals surface area contributed by atoms with Gasteiger partial charge in [0.1, 0.15) is 0 Å². The Kier molecular flexibility index (Phi) is 4.46. The maximum absolute atomic E-state index is 10.1. The summed E-state index contributed by atoms with van der Waals surface area (Å²) in [6.45, 7) is 0. The van der Waals surface area contributed by atoms with Crippen molar-refractivity contribution in [3.8, 4) is 0 Å². The molecule has 0 fully saturated rings. The zero-order chi connectivity index (χ0) is 8.91. The van der Waals surface area contributed by atoms with Crippen LogP contribution in [0.4, 0.5) is 0 Å². The minimum absolute atomic E-state index is 0.102. The zero-order valence-corrected chi connectivity index (χ0v) is 7.19. The molecule has 0 unspecified atom stereocenters. The van der Waals surface area contributed by atoms with Crippen LogP contribution in [-0.4, -0.2) is 41.3 Å². The lowest BCUT2D eigenvalue weighted by molar-refractivity contribution is -0.133. The van der Waals surface area contributed by atoms with Crippen LogP contribution >= 0.6 is 11.8 Å². The molecule has 0 saturated carbocycles. The van der Waals surface area contributed by atoms with E-state index in [4.69, 9.17) is 9.66 Å². The number of aliphatic carboxylic acids is 1. The summed E-state index contributed by atoms with van der Waals surface area (Å²) in [5, 5.41) is 8.11. The van der Waals surface area contributed by atoms with E-state index >= 15 is 0 Å². The molecule has 0 aliphatic heterocycles. The highest BCUT2D eigenvalue weighted by Gasteiger charge is 2.04. The van der Waals surface area contributed by atoms with Crippen molar-refractivity contribution in [1.82, 2.24) is 0 Å². The molecule has 0 heterocycles. The minimum Gasteiger partial charge on any atom is -0.481 e. The smallest absolute Gasteiger partial charge is 0.313 e. The fraction of sp³-hybridized carbons (Fsp3) is 0.750. The Morgan fingerprint density at radius 1 is 1.45 bits per heavy atom. The topological polar surface area (TPSA) is 91.7 Å². The maximum atomic E-state index is 10.1. The van der Waals surface area contributed by atoms with Gasteiger partial charge in [0.05, 0.1) is 11.5 Å². The largest absolute Gasteiger partial charge is 0.481 e. The number of carboxylic acid groups (broad SMARTS) is 1. The molecule has 0 aromatic rings. The molecule has 0 saturated heterocycles. The Morgan fingerprint density at radius 2 is 2.00 bits per heavy atom. The second kappa shape index (κ2) is 4.58. The molecule has 0 bridgehead atoms. The Bertz CT molecular complexity index is 219. The Balaban J connectivity index is 3.37. The molecule has 0 rings (SSSR count). The van der Waals surface area contributed by atoms with E-state index in [2.05, 4.69) is 0 Å². The maximum Gasteiger partial charge on any atom is 0.313 e. The van der Waals surface area contributed by atoms with E-state index in [-0.39, 0.29) is 11.5 Å². The van der Waals surface area contributed by atoms with Gasteiger partial charge in [0.2, 0.25) is 0 Å². The molecule has 0 amide bonds.